The van der Waals surface area contributed by atoms with Crippen LogP contribution in [0.15, 0.2) is 24.3 Å². The molecule has 1 aromatic carbocycles. The van der Waals surface area contributed by atoms with Gasteiger partial charge in [-0.1, -0.05) is 12.1 Å². The zero-order valence-corrected chi connectivity index (χ0v) is 11.2. The predicted molar refractivity (Wildman–Crippen MR) is 73.2 cm³/mol. The average Bonchev–Trinajstić information content (AvgIpc) is 2.47. The van der Waals surface area contributed by atoms with Crippen molar-refractivity contribution in [2.45, 2.75) is 19.4 Å². The van der Waals surface area contributed by atoms with E-state index in [4.69, 9.17) is 5.26 Å². The Labute approximate surface area is 114 Å². The van der Waals surface area contributed by atoms with E-state index in [0.717, 1.165) is 31.5 Å². The predicted octanol–water partition coefficient (Wildman–Crippen LogP) is 1.52. The van der Waals surface area contributed by atoms with Gasteiger partial charge in [0.2, 0.25) is 5.91 Å². The summed E-state index contributed by atoms with van der Waals surface area (Å²) in [6.07, 6.45) is 2.03. The monoisotopic (exact) mass is 257 g/mol. The highest BCUT2D eigenvalue weighted by molar-refractivity contribution is 5.78. The first-order chi connectivity index (χ1) is 9.20. The van der Waals surface area contributed by atoms with Gasteiger partial charge in [0.05, 0.1) is 17.6 Å². The minimum atomic E-state index is 0.0953. The number of carbonyl (C=O) groups is 1. The van der Waals surface area contributed by atoms with Gasteiger partial charge >= 0.3 is 0 Å². The molecule has 4 heteroatoms. The van der Waals surface area contributed by atoms with Crippen LogP contribution in [0.1, 0.15) is 24.0 Å². The summed E-state index contributed by atoms with van der Waals surface area (Å²) in [5.41, 5.74) is 1.64. The zero-order valence-electron chi connectivity index (χ0n) is 11.2. The van der Waals surface area contributed by atoms with E-state index in [9.17, 15) is 4.79 Å². The normalized spacial score (nSPS) is 18.6. The Hall–Kier alpha value is -1.86. The lowest BCUT2D eigenvalue weighted by atomic mass is 9.98. The van der Waals surface area contributed by atoms with Crippen molar-refractivity contribution in [3.05, 3.63) is 35.4 Å². The second-order valence-corrected chi connectivity index (χ2v) is 5.05. The summed E-state index contributed by atoms with van der Waals surface area (Å²) < 4.78 is 0. The smallest absolute Gasteiger partial charge is 0.227 e. The van der Waals surface area contributed by atoms with Crippen LogP contribution in [0.4, 0.5) is 0 Å². The molecule has 1 unspecified atom stereocenters. The lowest BCUT2D eigenvalue weighted by Gasteiger charge is -2.27. The van der Waals surface area contributed by atoms with Crippen molar-refractivity contribution in [3.8, 4) is 6.07 Å². The molecular weight excluding hydrogens is 238 g/mol. The molecule has 1 saturated heterocycles. The number of benzene rings is 1. The van der Waals surface area contributed by atoms with Crippen molar-refractivity contribution in [2.75, 3.05) is 20.1 Å². The quantitative estimate of drug-likeness (QED) is 0.893. The minimum absolute atomic E-state index is 0.0953. The van der Waals surface area contributed by atoms with Gasteiger partial charge in [-0.05, 0) is 37.1 Å². The Kier molecular flexibility index (Phi) is 4.53. The molecule has 1 aromatic rings. The van der Waals surface area contributed by atoms with E-state index in [2.05, 4.69) is 11.4 Å². The van der Waals surface area contributed by atoms with Crippen LogP contribution in [-0.4, -0.2) is 30.9 Å². The Morgan fingerprint density at radius 1 is 1.58 bits per heavy atom. The fraction of sp³-hybridized carbons (Fsp3) is 0.467. The van der Waals surface area contributed by atoms with Gasteiger partial charge in [0.1, 0.15) is 0 Å². The molecule has 0 aromatic heterocycles. The van der Waals surface area contributed by atoms with Crippen molar-refractivity contribution in [1.82, 2.24) is 10.2 Å². The number of nitriles is 1. The van der Waals surface area contributed by atoms with Crippen molar-refractivity contribution >= 4 is 5.91 Å². The Balaban J connectivity index is 1.97. The highest BCUT2D eigenvalue weighted by Gasteiger charge is 2.23. The Bertz CT molecular complexity index is 486. The number of hydrogen-bond donors (Lipinski definition) is 1. The summed E-state index contributed by atoms with van der Waals surface area (Å²) in [7, 11) is 1.83. The molecule has 4 nitrogen and oxygen atoms in total. The van der Waals surface area contributed by atoms with E-state index in [0.29, 0.717) is 12.1 Å². The number of hydrogen-bond acceptors (Lipinski definition) is 3. The van der Waals surface area contributed by atoms with E-state index < -0.39 is 0 Å². The second-order valence-electron chi connectivity index (χ2n) is 5.05. The molecule has 0 spiro atoms. The maximum absolute atomic E-state index is 12.3. The molecule has 0 aliphatic carbocycles. The van der Waals surface area contributed by atoms with E-state index in [1.165, 1.54) is 0 Å². The number of rotatable bonds is 3. The maximum Gasteiger partial charge on any atom is 0.227 e. The molecular formula is C15H19N3O. The van der Waals surface area contributed by atoms with Crippen molar-refractivity contribution in [3.63, 3.8) is 0 Å². The summed E-state index contributed by atoms with van der Waals surface area (Å²) >= 11 is 0. The Morgan fingerprint density at radius 3 is 3.11 bits per heavy atom. The van der Waals surface area contributed by atoms with Crippen molar-refractivity contribution in [1.29, 1.82) is 5.26 Å². The molecule has 1 amide bonds. The fourth-order valence-corrected chi connectivity index (χ4v) is 2.47. The molecule has 0 bridgehead atoms. The van der Waals surface area contributed by atoms with Gasteiger partial charge in [-0.3, -0.25) is 4.79 Å². The molecule has 1 fully saturated rings. The minimum Gasteiger partial charge on any atom is -0.341 e. The van der Waals surface area contributed by atoms with Crippen molar-refractivity contribution < 1.29 is 4.79 Å². The first-order valence-electron chi connectivity index (χ1n) is 6.65. The van der Waals surface area contributed by atoms with Crippen LogP contribution in [0.2, 0.25) is 0 Å². The number of nitrogens with one attached hydrogen (secondary N) is 1. The topological polar surface area (TPSA) is 56.1 Å². The van der Waals surface area contributed by atoms with Crippen LogP contribution in [0.25, 0.3) is 0 Å². The number of carbonyl (C=O) groups excluding carboxylic acids is 1. The highest BCUT2D eigenvalue weighted by atomic mass is 16.2. The standard InChI is InChI=1S/C15H19N3O/c1-18(15(19)14-6-3-7-17-10-14)11-13-5-2-4-12(8-13)9-16/h2,4-5,8,14,17H,3,6-7,10-11H2,1H3. The number of amides is 1. The van der Waals surface area contributed by atoms with Crippen LogP contribution < -0.4 is 5.32 Å². The molecule has 1 aliphatic heterocycles. The van der Waals surface area contributed by atoms with Crippen LogP contribution in [-0.2, 0) is 11.3 Å². The molecule has 19 heavy (non-hydrogen) atoms. The van der Waals surface area contributed by atoms with Crippen LogP contribution in [0.3, 0.4) is 0 Å². The van der Waals surface area contributed by atoms with Crippen LogP contribution in [0.5, 0.6) is 0 Å². The summed E-state index contributed by atoms with van der Waals surface area (Å²) in [5, 5.41) is 12.1. The third-order valence-corrected chi connectivity index (χ3v) is 3.50. The maximum atomic E-state index is 12.3. The first kappa shape index (κ1) is 13.6. The molecule has 1 atom stereocenters. The SMILES string of the molecule is CN(Cc1cccc(C#N)c1)C(=O)C1CCCNC1. The summed E-state index contributed by atoms with van der Waals surface area (Å²) in [4.78, 5) is 14.0. The van der Waals surface area contributed by atoms with Gasteiger partial charge in [-0.15, -0.1) is 0 Å². The van der Waals surface area contributed by atoms with Crippen LogP contribution in [0, 0.1) is 17.2 Å². The summed E-state index contributed by atoms with van der Waals surface area (Å²) in [6.45, 7) is 2.35. The third-order valence-electron chi connectivity index (χ3n) is 3.50. The molecule has 100 valence electrons. The van der Waals surface area contributed by atoms with E-state index in [1.54, 1.807) is 11.0 Å². The van der Waals surface area contributed by atoms with E-state index in [1.807, 2.05) is 25.2 Å². The number of piperidine rings is 1. The van der Waals surface area contributed by atoms with E-state index >= 15 is 0 Å². The third kappa shape index (κ3) is 3.55. The summed E-state index contributed by atoms with van der Waals surface area (Å²) in [5.74, 6) is 0.285. The first-order valence-corrected chi connectivity index (χ1v) is 6.65. The lowest BCUT2D eigenvalue weighted by molar-refractivity contribution is -0.135. The van der Waals surface area contributed by atoms with Gasteiger partial charge in [-0.2, -0.15) is 5.26 Å². The lowest BCUT2D eigenvalue weighted by Crippen LogP contribution is -2.41. The molecule has 2 rings (SSSR count). The van der Waals surface area contributed by atoms with Gasteiger partial charge in [0.15, 0.2) is 0 Å². The fourth-order valence-electron chi connectivity index (χ4n) is 2.47. The van der Waals surface area contributed by atoms with E-state index in [-0.39, 0.29) is 11.8 Å². The second kappa shape index (κ2) is 6.35. The number of nitrogens with zero attached hydrogens (tertiary/aromatic N) is 2. The molecule has 0 saturated carbocycles. The molecule has 0 radical (unpaired) electrons. The zero-order chi connectivity index (χ0) is 13.7. The molecule has 1 aliphatic rings. The highest BCUT2D eigenvalue weighted by Crippen LogP contribution is 2.15. The van der Waals surface area contributed by atoms with Gasteiger partial charge < -0.3 is 10.2 Å². The largest absolute Gasteiger partial charge is 0.341 e. The molecule has 1 heterocycles. The van der Waals surface area contributed by atoms with Crippen LogP contribution >= 0.6 is 0 Å². The van der Waals surface area contributed by atoms with Crippen molar-refractivity contribution in [2.24, 2.45) is 5.92 Å². The van der Waals surface area contributed by atoms with Gasteiger partial charge in [-0.25, -0.2) is 0 Å². The average molecular weight is 257 g/mol. The Morgan fingerprint density at radius 2 is 2.42 bits per heavy atom. The van der Waals surface area contributed by atoms with Gasteiger partial charge in [0.25, 0.3) is 0 Å². The van der Waals surface area contributed by atoms with Gasteiger partial charge in [0, 0.05) is 20.1 Å². The summed E-state index contributed by atoms with van der Waals surface area (Å²) in [6, 6.07) is 9.53. The molecule has 1 N–H and O–H groups in total.